The van der Waals surface area contributed by atoms with Gasteiger partial charge in [0, 0.05) is 6.54 Å². The van der Waals surface area contributed by atoms with Gasteiger partial charge in [0.2, 0.25) is 0 Å². The van der Waals surface area contributed by atoms with Crippen LogP contribution in [0.4, 0.5) is 4.79 Å². The minimum atomic E-state index is -0.410. The van der Waals surface area contributed by atoms with Crippen molar-refractivity contribution in [1.82, 2.24) is 5.32 Å². The van der Waals surface area contributed by atoms with Gasteiger partial charge >= 0.3 is 6.09 Å². The lowest BCUT2D eigenvalue weighted by molar-refractivity contribution is 0.0526. The molecule has 0 fully saturated rings. The maximum absolute atomic E-state index is 11.4. The Labute approximate surface area is 126 Å². The Morgan fingerprint density at radius 3 is 2.00 bits per heavy atom. The van der Waals surface area contributed by atoms with Crippen LogP contribution in [-0.2, 0) is 4.74 Å². The normalized spacial score (nSPS) is 11.4. The van der Waals surface area contributed by atoms with Crippen molar-refractivity contribution in [3.8, 4) is 0 Å². The summed E-state index contributed by atoms with van der Waals surface area (Å²) in [5.74, 6) is 0. The second kappa shape index (κ2) is 11.0. The van der Waals surface area contributed by atoms with E-state index in [4.69, 9.17) is 4.74 Å². The second-order valence-corrected chi connectivity index (χ2v) is 6.80. The van der Waals surface area contributed by atoms with E-state index < -0.39 is 5.60 Å². The van der Waals surface area contributed by atoms with Crippen molar-refractivity contribution in [3.05, 3.63) is 0 Å². The molecular formula is C17H37NO2. The zero-order valence-corrected chi connectivity index (χ0v) is 15.1. The average Bonchev–Trinajstić information content (AvgIpc) is 2.28. The first-order chi connectivity index (χ1) is 9.16. The van der Waals surface area contributed by atoms with Crippen LogP contribution in [0.2, 0.25) is 0 Å². The summed E-state index contributed by atoms with van der Waals surface area (Å²) >= 11 is 0. The van der Waals surface area contributed by atoms with E-state index in [9.17, 15) is 4.79 Å². The van der Waals surface area contributed by atoms with Gasteiger partial charge in [0.05, 0.1) is 0 Å². The van der Waals surface area contributed by atoms with Crippen LogP contribution in [0, 0.1) is 5.41 Å². The number of rotatable bonds is 7. The molecular weight excluding hydrogens is 250 g/mol. The lowest BCUT2D eigenvalue weighted by Crippen LogP contribution is -2.33. The van der Waals surface area contributed by atoms with Gasteiger partial charge in [-0.15, -0.1) is 0 Å². The average molecular weight is 287 g/mol. The molecule has 0 rings (SSSR count). The molecule has 0 saturated heterocycles. The largest absolute Gasteiger partial charge is 0.444 e. The van der Waals surface area contributed by atoms with Crippen LogP contribution >= 0.6 is 0 Å². The molecule has 0 aromatic carbocycles. The van der Waals surface area contributed by atoms with E-state index in [2.05, 4.69) is 26.1 Å². The van der Waals surface area contributed by atoms with Gasteiger partial charge in [-0.05, 0) is 45.4 Å². The fraction of sp³-hybridized carbons (Fsp3) is 0.941. The molecule has 0 aromatic rings. The van der Waals surface area contributed by atoms with Crippen molar-refractivity contribution >= 4 is 6.09 Å². The number of ether oxygens (including phenoxy) is 1. The number of hydrogen-bond donors (Lipinski definition) is 1. The molecule has 0 aliphatic carbocycles. The van der Waals surface area contributed by atoms with Crippen LogP contribution in [-0.4, -0.2) is 18.2 Å². The third-order valence-electron chi connectivity index (χ3n) is 2.88. The van der Waals surface area contributed by atoms with Gasteiger partial charge in [0.15, 0.2) is 0 Å². The number of carbonyl (C=O) groups is 1. The maximum Gasteiger partial charge on any atom is 0.407 e. The fourth-order valence-electron chi connectivity index (χ4n) is 2.03. The van der Waals surface area contributed by atoms with Crippen molar-refractivity contribution in [1.29, 1.82) is 0 Å². The monoisotopic (exact) mass is 287 g/mol. The number of nitrogens with one attached hydrogen (secondary N) is 1. The number of alkyl carbamates (subject to hydrolysis) is 1. The minimum absolute atomic E-state index is 0.310. The number of amides is 1. The molecule has 1 N–H and O–H groups in total. The molecule has 0 bridgehead atoms. The Morgan fingerprint density at radius 1 is 1.00 bits per heavy atom. The summed E-state index contributed by atoms with van der Waals surface area (Å²) in [6.07, 6.45) is 5.59. The maximum atomic E-state index is 11.4. The third kappa shape index (κ3) is 15.3. The van der Waals surface area contributed by atoms with Crippen molar-refractivity contribution < 1.29 is 9.53 Å². The summed E-state index contributed by atoms with van der Waals surface area (Å²) in [5.41, 5.74) is 0.0217. The summed E-state index contributed by atoms with van der Waals surface area (Å²) in [4.78, 5) is 11.4. The molecule has 3 nitrogen and oxygen atoms in total. The molecule has 0 radical (unpaired) electrons. The van der Waals surface area contributed by atoms with Gasteiger partial charge in [-0.1, -0.05) is 47.5 Å². The van der Waals surface area contributed by atoms with Gasteiger partial charge in [0.1, 0.15) is 5.60 Å². The van der Waals surface area contributed by atoms with Crippen molar-refractivity contribution in [3.63, 3.8) is 0 Å². The van der Waals surface area contributed by atoms with Gasteiger partial charge in [-0.3, -0.25) is 0 Å². The number of unbranched alkanes of at least 4 members (excludes halogenated alkanes) is 1. The van der Waals surface area contributed by atoms with Gasteiger partial charge in [-0.2, -0.15) is 0 Å². The molecule has 0 aliphatic heterocycles. The lowest BCUT2D eigenvalue weighted by Gasteiger charge is -2.24. The predicted molar refractivity (Wildman–Crippen MR) is 88.1 cm³/mol. The summed E-state index contributed by atoms with van der Waals surface area (Å²) in [6, 6.07) is 0. The molecule has 122 valence electrons. The van der Waals surface area contributed by atoms with Crippen LogP contribution in [0.5, 0.6) is 0 Å². The summed E-state index contributed by atoms with van der Waals surface area (Å²) in [5, 5.41) is 2.80. The fourth-order valence-corrected chi connectivity index (χ4v) is 2.03. The number of hydrogen-bond acceptors (Lipinski definition) is 2. The second-order valence-electron chi connectivity index (χ2n) is 6.80. The Bertz CT molecular complexity index is 242. The molecule has 0 aliphatic rings. The zero-order valence-electron chi connectivity index (χ0n) is 15.1. The molecule has 1 amide bonds. The van der Waals surface area contributed by atoms with Gasteiger partial charge < -0.3 is 10.1 Å². The molecule has 0 spiro atoms. The van der Waals surface area contributed by atoms with E-state index in [1.54, 1.807) is 0 Å². The first-order valence-corrected chi connectivity index (χ1v) is 8.13. The van der Waals surface area contributed by atoms with Gasteiger partial charge in [0.25, 0.3) is 0 Å². The zero-order chi connectivity index (χ0) is 16.2. The van der Waals surface area contributed by atoms with Crippen LogP contribution < -0.4 is 5.32 Å². The standard InChI is InChI=1S/C15H31NO2.C2H6/c1-7-10-15(5,6)11-8-9-12-16-13(17)18-14(2,3)4;1-2/h7-12H2,1-6H3,(H,16,17);1-2H3. The first-order valence-electron chi connectivity index (χ1n) is 8.13. The molecule has 20 heavy (non-hydrogen) atoms. The Hall–Kier alpha value is -0.730. The Kier molecular flexibility index (Phi) is 11.8. The van der Waals surface area contributed by atoms with E-state index in [-0.39, 0.29) is 6.09 Å². The van der Waals surface area contributed by atoms with Crippen molar-refractivity contribution in [2.75, 3.05) is 6.54 Å². The predicted octanol–water partition coefficient (Wildman–Crippen LogP) is 5.53. The Morgan fingerprint density at radius 2 is 1.55 bits per heavy atom. The number of carbonyl (C=O) groups excluding carboxylic acids is 1. The van der Waals surface area contributed by atoms with Gasteiger partial charge in [-0.25, -0.2) is 4.79 Å². The molecule has 0 heterocycles. The molecule has 0 aromatic heterocycles. The minimum Gasteiger partial charge on any atom is -0.444 e. The molecule has 3 heteroatoms. The van der Waals surface area contributed by atoms with E-state index in [1.165, 1.54) is 19.3 Å². The molecule has 0 saturated carbocycles. The Balaban J connectivity index is 0. The van der Waals surface area contributed by atoms with Crippen LogP contribution in [0.1, 0.15) is 87.5 Å². The van der Waals surface area contributed by atoms with E-state index >= 15 is 0 Å². The van der Waals surface area contributed by atoms with Crippen molar-refractivity contribution in [2.45, 2.75) is 93.1 Å². The topological polar surface area (TPSA) is 38.3 Å². The summed E-state index contributed by atoms with van der Waals surface area (Å²) < 4.78 is 5.17. The molecule has 0 unspecified atom stereocenters. The van der Waals surface area contributed by atoms with Crippen molar-refractivity contribution in [2.24, 2.45) is 5.41 Å². The highest BCUT2D eigenvalue weighted by Gasteiger charge is 2.17. The van der Waals surface area contributed by atoms with E-state index in [0.717, 1.165) is 12.8 Å². The van der Waals surface area contributed by atoms with E-state index in [0.29, 0.717) is 12.0 Å². The highest BCUT2D eigenvalue weighted by molar-refractivity contribution is 5.67. The highest BCUT2D eigenvalue weighted by atomic mass is 16.6. The van der Waals surface area contributed by atoms with Crippen LogP contribution in [0.25, 0.3) is 0 Å². The summed E-state index contributed by atoms with van der Waals surface area (Å²) in [7, 11) is 0. The third-order valence-corrected chi connectivity index (χ3v) is 2.88. The van der Waals surface area contributed by atoms with Crippen LogP contribution in [0.15, 0.2) is 0 Å². The quantitative estimate of drug-likeness (QED) is 0.625. The first kappa shape index (κ1) is 21.6. The molecule has 0 atom stereocenters. The van der Waals surface area contributed by atoms with Crippen LogP contribution in [0.3, 0.4) is 0 Å². The van der Waals surface area contributed by atoms with E-state index in [1.807, 2.05) is 34.6 Å². The lowest BCUT2D eigenvalue weighted by atomic mass is 9.83. The highest BCUT2D eigenvalue weighted by Crippen LogP contribution is 2.28. The SMILES string of the molecule is CC.CCCC(C)(C)CCCCNC(=O)OC(C)(C)C. The smallest absolute Gasteiger partial charge is 0.407 e. The summed E-state index contributed by atoms with van der Waals surface area (Å²) in [6.45, 7) is 17.2.